The molecule has 0 amide bonds. The van der Waals surface area contributed by atoms with E-state index in [1.807, 2.05) is 0 Å². The van der Waals surface area contributed by atoms with Gasteiger partial charge in [0.1, 0.15) is 0 Å². The van der Waals surface area contributed by atoms with Crippen LogP contribution in [0.1, 0.15) is 25.3 Å². The fraction of sp³-hybridized carbons (Fsp3) is 0.294. The Hall–Kier alpha value is -0.320. The molecule has 112 valence electrons. The Morgan fingerprint density at radius 2 is 1.52 bits per heavy atom. The summed E-state index contributed by atoms with van der Waals surface area (Å²) < 4.78 is 3.16. The molecule has 0 bridgehead atoms. The van der Waals surface area contributed by atoms with Gasteiger partial charge in [-0.05, 0) is 55.5 Å². The van der Waals surface area contributed by atoms with E-state index in [4.69, 9.17) is 0 Å². The summed E-state index contributed by atoms with van der Waals surface area (Å²) in [5, 5.41) is 3.57. The minimum Gasteiger partial charge on any atom is -0.383 e. The topological polar surface area (TPSA) is 12.0 Å². The van der Waals surface area contributed by atoms with E-state index in [1.165, 1.54) is 5.56 Å². The van der Waals surface area contributed by atoms with Crippen molar-refractivity contribution in [2.45, 2.75) is 19.8 Å². The van der Waals surface area contributed by atoms with E-state index < -0.39 is 0 Å². The number of hydrogen-bond acceptors (Lipinski definition) is 1. The molecular weight excluding hydrogens is 458 g/mol. The molecule has 1 unspecified atom stereocenters. The summed E-state index contributed by atoms with van der Waals surface area (Å²) in [6, 6.07) is 14.8. The van der Waals surface area contributed by atoms with Gasteiger partial charge in [-0.15, -0.1) is 0 Å². The van der Waals surface area contributed by atoms with E-state index in [-0.39, 0.29) is 0 Å². The Labute approximate surface area is 151 Å². The summed E-state index contributed by atoms with van der Waals surface area (Å²) in [5.74, 6) is 1.06. The molecule has 2 aromatic carbocycles. The predicted octanol–water partition coefficient (Wildman–Crippen LogP) is 6.83. The molecule has 0 spiro atoms. The number of rotatable bonds is 5. The number of halogens is 3. The normalized spacial score (nSPS) is 12.5. The van der Waals surface area contributed by atoms with Gasteiger partial charge in [0.2, 0.25) is 0 Å². The summed E-state index contributed by atoms with van der Waals surface area (Å²) in [6.07, 6.45) is 0. The third-order valence-electron chi connectivity index (χ3n) is 3.54. The van der Waals surface area contributed by atoms with Crippen LogP contribution in [0.15, 0.2) is 55.9 Å². The molecule has 0 fully saturated rings. The molecule has 1 nitrogen and oxygen atoms in total. The molecule has 0 heterocycles. The molecule has 4 heteroatoms. The Kier molecular flexibility index (Phi) is 6.33. The maximum atomic E-state index is 3.62. The lowest BCUT2D eigenvalue weighted by molar-refractivity contribution is 0.517. The van der Waals surface area contributed by atoms with Crippen molar-refractivity contribution in [3.05, 3.63) is 61.4 Å². The van der Waals surface area contributed by atoms with Crippen LogP contribution < -0.4 is 5.32 Å². The molecule has 0 aliphatic carbocycles. The SMILES string of the molecule is CC(C)C(CNc1c(Br)cc(Br)cc1Br)c1ccccc1. The van der Waals surface area contributed by atoms with Gasteiger partial charge < -0.3 is 5.32 Å². The van der Waals surface area contributed by atoms with Gasteiger partial charge in [0.25, 0.3) is 0 Å². The van der Waals surface area contributed by atoms with Crippen LogP contribution in [0.4, 0.5) is 5.69 Å². The highest BCUT2D eigenvalue weighted by Gasteiger charge is 2.16. The van der Waals surface area contributed by atoms with Crippen molar-refractivity contribution >= 4 is 53.5 Å². The van der Waals surface area contributed by atoms with Crippen LogP contribution in [0.2, 0.25) is 0 Å². The van der Waals surface area contributed by atoms with Crippen LogP contribution in [0, 0.1) is 5.92 Å². The second kappa shape index (κ2) is 7.80. The Morgan fingerprint density at radius 1 is 0.952 bits per heavy atom. The summed E-state index contributed by atoms with van der Waals surface area (Å²) in [4.78, 5) is 0. The molecule has 0 radical (unpaired) electrons. The maximum absolute atomic E-state index is 3.62. The molecule has 0 aromatic heterocycles. The molecule has 2 aromatic rings. The lowest BCUT2D eigenvalue weighted by Crippen LogP contribution is -2.18. The van der Waals surface area contributed by atoms with Gasteiger partial charge in [0.15, 0.2) is 0 Å². The van der Waals surface area contributed by atoms with E-state index in [9.17, 15) is 0 Å². The first-order chi connectivity index (χ1) is 9.99. The third kappa shape index (κ3) is 4.57. The van der Waals surface area contributed by atoms with E-state index in [2.05, 4.69) is 109 Å². The minimum absolute atomic E-state index is 0.480. The van der Waals surface area contributed by atoms with Crippen molar-refractivity contribution < 1.29 is 0 Å². The molecule has 0 saturated heterocycles. The second-order valence-corrected chi connectivity index (χ2v) is 8.01. The first kappa shape index (κ1) is 17.0. The maximum Gasteiger partial charge on any atom is 0.0630 e. The quantitative estimate of drug-likeness (QED) is 0.500. The highest BCUT2D eigenvalue weighted by Crippen LogP contribution is 2.35. The van der Waals surface area contributed by atoms with Crippen LogP contribution in [-0.4, -0.2) is 6.54 Å². The van der Waals surface area contributed by atoms with Gasteiger partial charge in [0, 0.05) is 25.9 Å². The van der Waals surface area contributed by atoms with Crippen LogP contribution >= 0.6 is 47.8 Å². The highest BCUT2D eigenvalue weighted by molar-refractivity contribution is 9.11. The molecule has 21 heavy (non-hydrogen) atoms. The zero-order chi connectivity index (χ0) is 15.4. The van der Waals surface area contributed by atoms with E-state index in [0.29, 0.717) is 11.8 Å². The lowest BCUT2D eigenvalue weighted by Gasteiger charge is -2.23. The average molecular weight is 476 g/mol. The fourth-order valence-electron chi connectivity index (χ4n) is 2.36. The summed E-state index contributed by atoms with van der Waals surface area (Å²) in [5.41, 5.74) is 2.48. The zero-order valence-corrected chi connectivity index (χ0v) is 16.8. The summed E-state index contributed by atoms with van der Waals surface area (Å²) in [7, 11) is 0. The Morgan fingerprint density at radius 3 is 2.05 bits per heavy atom. The standard InChI is InChI=1S/C17H18Br3N/c1-11(2)14(12-6-4-3-5-7-12)10-21-17-15(19)8-13(18)9-16(17)20/h3-9,11,14,21H,10H2,1-2H3. The largest absolute Gasteiger partial charge is 0.383 e. The van der Waals surface area contributed by atoms with Crippen molar-refractivity contribution in [1.82, 2.24) is 0 Å². The number of nitrogens with one attached hydrogen (secondary N) is 1. The van der Waals surface area contributed by atoms with Crippen molar-refractivity contribution in [2.24, 2.45) is 5.92 Å². The first-order valence-electron chi connectivity index (χ1n) is 6.92. The smallest absolute Gasteiger partial charge is 0.0630 e. The first-order valence-corrected chi connectivity index (χ1v) is 9.30. The van der Waals surface area contributed by atoms with Gasteiger partial charge >= 0.3 is 0 Å². The van der Waals surface area contributed by atoms with Crippen LogP contribution in [0.3, 0.4) is 0 Å². The predicted molar refractivity (Wildman–Crippen MR) is 102 cm³/mol. The molecule has 1 N–H and O–H groups in total. The van der Waals surface area contributed by atoms with Crippen LogP contribution in [-0.2, 0) is 0 Å². The average Bonchev–Trinajstić information content (AvgIpc) is 2.42. The number of benzene rings is 2. The highest BCUT2D eigenvalue weighted by atomic mass is 79.9. The van der Waals surface area contributed by atoms with E-state index in [0.717, 1.165) is 25.7 Å². The second-order valence-electron chi connectivity index (χ2n) is 5.39. The van der Waals surface area contributed by atoms with E-state index in [1.54, 1.807) is 0 Å². The van der Waals surface area contributed by atoms with Gasteiger partial charge in [-0.25, -0.2) is 0 Å². The fourth-order valence-corrected chi connectivity index (χ4v) is 4.90. The van der Waals surface area contributed by atoms with Crippen LogP contribution in [0.5, 0.6) is 0 Å². The van der Waals surface area contributed by atoms with Gasteiger partial charge in [-0.1, -0.05) is 60.1 Å². The Balaban J connectivity index is 2.17. The van der Waals surface area contributed by atoms with E-state index >= 15 is 0 Å². The molecule has 0 aliphatic rings. The molecule has 2 rings (SSSR count). The zero-order valence-electron chi connectivity index (χ0n) is 12.0. The van der Waals surface area contributed by atoms with Crippen molar-refractivity contribution in [3.8, 4) is 0 Å². The van der Waals surface area contributed by atoms with Crippen molar-refractivity contribution in [3.63, 3.8) is 0 Å². The van der Waals surface area contributed by atoms with Crippen molar-refractivity contribution in [2.75, 3.05) is 11.9 Å². The number of anilines is 1. The molecule has 0 saturated carbocycles. The van der Waals surface area contributed by atoms with Gasteiger partial charge in [-0.2, -0.15) is 0 Å². The van der Waals surface area contributed by atoms with Crippen molar-refractivity contribution in [1.29, 1.82) is 0 Å². The van der Waals surface area contributed by atoms with Gasteiger partial charge in [0.05, 0.1) is 5.69 Å². The lowest BCUT2D eigenvalue weighted by atomic mass is 9.88. The molecule has 0 aliphatic heterocycles. The Bertz CT molecular complexity index is 573. The third-order valence-corrected chi connectivity index (χ3v) is 5.25. The van der Waals surface area contributed by atoms with Crippen LogP contribution in [0.25, 0.3) is 0 Å². The summed E-state index contributed by atoms with van der Waals surface area (Å²) >= 11 is 10.7. The minimum atomic E-state index is 0.480. The molecular formula is C17H18Br3N. The van der Waals surface area contributed by atoms with Gasteiger partial charge in [-0.3, -0.25) is 0 Å². The number of hydrogen-bond donors (Lipinski definition) is 1. The monoisotopic (exact) mass is 473 g/mol. The molecule has 1 atom stereocenters. The summed E-state index contributed by atoms with van der Waals surface area (Å²) in [6.45, 7) is 5.44.